The topological polar surface area (TPSA) is 67.8 Å². The maximum atomic E-state index is 11.9. The molecule has 1 aromatic rings. The molecule has 1 amide bonds. The average molecular weight is 291 g/mol. The predicted molar refractivity (Wildman–Crippen MR) is 81.3 cm³/mol. The van der Waals surface area contributed by atoms with Crippen molar-refractivity contribution in [2.45, 2.75) is 19.8 Å². The molecule has 1 rings (SSSR count). The van der Waals surface area contributed by atoms with Gasteiger partial charge in [0.05, 0.1) is 12.8 Å². The number of benzene rings is 1. The summed E-state index contributed by atoms with van der Waals surface area (Å²) in [5.74, 6) is 5.83. The van der Waals surface area contributed by atoms with Gasteiger partial charge in [-0.25, -0.2) is 0 Å². The van der Waals surface area contributed by atoms with Crippen LogP contribution in [0.3, 0.4) is 0 Å². The van der Waals surface area contributed by atoms with Gasteiger partial charge in [-0.15, -0.1) is 0 Å². The highest BCUT2D eigenvalue weighted by Gasteiger charge is 2.08. The van der Waals surface area contributed by atoms with E-state index in [0.717, 1.165) is 0 Å². The molecule has 0 spiro atoms. The maximum Gasteiger partial charge on any atom is 0.224 e. The zero-order valence-corrected chi connectivity index (χ0v) is 12.4. The smallest absolute Gasteiger partial charge is 0.224 e. The second-order valence-electron chi connectivity index (χ2n) is 4.22. The molecule has 0 unspecified atom stereocenters. The molecule has 0 bridgehead atoms. The van der Waals surface area contributed by atoms with Gasteiger partial charge in [0.1, 0.15) is 12.4 Å². The molecular formula is C16H21NO4. The predicted octanol–water partition coefficient (Wildman–Crippen LogP) is 1.79. The molecule has 0 aromatic heterocycles. The van der Waals surface area contributed by atoms with E-state index in [-0.39, 0.29) is 12.5 Å². The zero-order valence-electron chi connectivity index (χ0n) is 12.4. The van der Waals surface area contributed by atoms with Crippen molar-refractivity contribution >= 4 is 11.6 Å². The summed E-state index contributed by atoms with van der Waals surface area (Å²) in [6.45, 7) is 2.94. The molecule has 5 nitrogen and oxygen atoms in total. The third-order valence-corrected chi connectivity index (χ3v) is 2.68. The fraction of sp³-hybridized carbons (Fsp3) is 0.438. The normalized spacial score (nSPS) is 9.67. The second-order valence-corrected chi connectivity index (χ2v) is 4.22. The van der Waals surface area contributed by atoms with Gasteiger partial charge in [0, 0.05) is 25.2 Å². The highest BCUT2D eigenvalue weighted by atomic mass is 16.5. The van der Waals surface area contributed by atoms with Gasteiger partial charge in [-0.3, -0.25) is 4.79 Å². The summed E-state index contributed by atoms with van der Waals surface area (Å²) in [6.07, 6.45) is 1.06. The summed E-state index contributed by atoms with van der Waals surface area (Å²) < 4.78 is 10.4. The van der Waals surface area contributed by atoms with E-state index in [1.807, 2.05) is 6.92 Å². The lowest BCUT2D eigenvalue weighted by molar-refractivity contribution is -0.116. The van der Waals surface area contributed by atoms with E-state index in [4.69, 9.17) is 14.6 Å². The highest BCUT2D eigenvalue weighted by Crippen LogP contribution is 2.25. The van der Waals surface area contributed by atoms with Crippen LogP contribution in [0.4, 0.5) is 5.69 Å². The number of nitrogens with one attached hydrogen (secondary N) is 1. The number of hydrogen-bond acceptors (Lipinski definition) is 4. The van der Waals surface area contributed by atoms with Crippen LogP contribution in [0.5, 0.6) is 5.75 Å². The van der Waals surface area contributed by atoms with Crippen molar-refractivity contribution in [2.24, 2.45) is 0 Å². The van der Waals surface area contributed by atoms with Crippen LogP contribution in [-0.2, 0) is 9.53 Å². The molecule has 5 heteroatoms. The molecule has 0 fully saturated rings. The van der Waals surface area contributed by atoms with Crippen molar-refractivity contribution in [3.8, 4) is 17.6 Å². The molecule has 0 aliphatic rings. The van der Waals surface area contributed by atoms with Crippen LogP contribution in [0.15, 0.2) is 18.2 Å². The van der Waals surface area contributed by atoms with E-state index in [0.29, 0.717) is 43.1 Å². The minimum Gasteiger partial charge on any atom is -0.495 e. The van der Waals surface area contributed by atoms with E-state index in [2.05, 4.69) is 17.2 Å². The molecule has 0 saturated heterocycles. The Balaban J connectivity index is 2.68. The van der Waals surface area contributed by atoms with Crippen LogP contribution < -0.4 is 10.1 Å². The average Bonchev–Trinajstić information content (AvgIpc) is 2.50. The van der Waals surface area contributed by atoms with Gasteiger partial charge >= 0.3 is 0 Å². The maximum absolute atomic E-state index is 11.9. The summed E-state index contributed by atoms with van der Waals surface area (Å²) >= 11 is 0. The Bertz CT molecular complexity index is 517. The van der Waals surface area contributed by atoms with Gasteiger partial charge in [-0.05, 0) is 31.5 Å². The SMILES string of the molecule is CCOCCCC(=O)Nc1cc(C#CCO)ccc1OC. The minimum atomic E-state index is -0.203. The number of carbonyl (C=O) groups excluding carboxylic acids is 1. The van der Waals surface area contributed by atoms with Crippen molar-refractivity contribution in [2.75, 3.05) is 32.2 Å². The Labute approximate surface area is 125 Å². The molecule has 0 saturated carbocycles. The lowest BCUT2D eigenvalue weighted by Crippen LogP contribution is -2.13. The standard InChI is InChI=1S/C16H21NO4/c1-3-21-11-5-7-16(19)17-14-12-13(6-4-10-18)8-9-15(14)20-2/h8-9,12,18H,3,5,7,10-11H2,1-2H3,(H,17,19). The summed E-state index contributed by atoms with van der Waals surface area (Å²) in [6, 6.07) is 5.23. The van der Waals surface area contributed by atoms with Crippen LogP contribution in [0.2, 0.25) is 0 Å². The highest BCUT2D eigenvalue weighted by molar-refractivity contribution is 5.92. The first kappa shape index (κ1) is 17.0. The number of methoxy groups -OCH3 is 1. The Hall–Kier alpha value is -2.03. The number of ether oxygens (including phenoxy) is 2. The van der Waals surface area contributed by atoms with E-state index >= 15 is 0 Å². The van der Waals surface area contributed by atoms with Gasteiger partial charge in [0.2, 0.25) is 5.91 Å². The molecule has 0 aliphatic carbocycles. The molecule has 21 heavy (non-hydrogen) atoms. The Morgan fingerprint density at radius 2 is 2.24 bits per heavy atom. The second kappa shape index (κ2) is 9.81. The fourth-order valence-electron chi connectivity index (χ4n) is 1.72. The van der Waals surface area contributed by atoms with Gasteiger partial charge in [0.15, 0.2) is 0 Å². The van der Waals surface area contributed by atoms with Crippen molar-refractivity contribution in [3.05, 3.63) is 23.8 Å². The lowest BCUT2D eigenvalue weighted by atomic mass is 10.2. The third-order valence-electron chi connectivity index (χ3n) is 2.68. The number of rotatable bonds is 7. The summed E-state index contributed by atoms with van der Waals surface area (Å²) in [5.41, 5.74) is 1.28. The summed E-state index contributed by atoms with van der Waals surface area (Å²) in [7, 11) is 1.54. The van der Waals surface area contributed by atoms with Crippen LogP contribution >= 0.6 is 0 Å². The summed E-state index contributed by atoms with van der Waals surface area (Å²) in [5, 5.41) is 11.5. The zero-order chi connectivity index (χ0) is 15.5. The first-order chi connectivity index (χ1) is 10.2. The van der Waals surface area contributed by atoms with E-state index < -0.39 is 0 Å². The number of anilines is 1. The molecule has 0 radical (unpaired) electrons. The van der Waals surface area contributed by atoms with E-state index in [9.17, 15) is 4.79 Å². The quantitative estimate of drug-likeness (QED) is 0.594. The molecule has 0 heterocycles. The molecule has 1 aromatic carbocycles. The van der Waals surface area contributed by atoms with Crippen molar-refractivity contribution in [3.63, 3.8) is 0 Å². The summed E-state index contributed by atoms with van der Waals surface area (Å²) in [4.78, 5) is 11.9. The van der Waals surface area contributed by atoms with Crippen molar-refractivity contribution in [1.82, 2.24) is 0 Å². The van der Waals surface area contributed by atoms with Gasteiger partial charge in [-0.2, -0.15) is 0 Å². The van der Waals surface area contributed by atoms with Gasteiger partial charge in [-0.1, -0.05) is 11.8 Å². The third kappa shape index (κ3) is 6.30. The first-order valence-electron chi connectivity index (χ1n) is 6.86. The van der Waals surface area contributed by atoms with Crippen LogP contribution in [0.1, 0.15) is 25.3 Å². The van der Waals surface area contributed by atoms with Gasteiger partial charge < -0.3 is 19.9 Å². The molecule has 2 N–H and O–H groups in total. The van der Waals surface area contributed by atoms with Crippen molar-refractivity contribution < 1.29 is 19.4 Å². The number of aliphatic hydroxyl groups excluding tert-OH is 1. The van der Waals surface area contributed by atoms with E-state index in [1.165, 1.54) is 0 Å². The number of hydrogen-bond donors (Lipinski definition) is 2. The van der Waals surface area contributed by atoms with Crippen LogP contribution in [-0.4, -0.2) is 37.9 Å². The van der Waals surface area contributed by atoms with Crippen molar-refractivity contribution in [1.29, 1.82) is 0 Å². The molecule has 0 atom stereocenters. The van der Waals surface area contributed by atoms with Gasteiger partial charge in [0.25, 0.3) is 0 Å². The lowest BCUT2D eigenvalue weighted by Gasteiger charge is -2.10. The monoisotopic (exact) mass is 291 g/mol. The number of aliphatic hydroxyl groups is 1. The molecular weight excluding hydrogens is 270 g/mol. The number of amides is 1. The minimum absolute atomic E-state index is 0.0970. The van der Waals surface area contributed by atoms with Crippen LogP contribution in [0.25, 0.3) is 0 Å². The molecule has 114 valence electrons. The Morgan fingerprint density at radius 3 is 2.90 bits per heavy atom. The first-order valence-corrected chi connectivity index (χ1v) is 6.86. The Kier molecular flexibility index (Phi) is 7.95. The number of carbonyl (C=O) groups is 1. The molecule has 0 aliphatic heterocycles. The Morgan fingerprint density at radius 1 is 1.43 bits per heavy atom. The van der Waals surface area contributed by atoms with E-state index in [1.54, 1.807) is 25.3 Å². The van der Waals surface area contributed by atoms with Crippen LogP contribution in [0, 0.1) is 11.8 Å². The largest absolute Gasteiger partial charge is 0.495 e. The fourth-order valence-corrected chi connectivity index (χ4v) is 1.72.